The second kappa shape index (κ2) is 6.98. The molecule has 0 spiro atoms. The van der Waals surface area contributed by atoms with Crippen LogP contribution in [0.4, 0.5) is 5.00 Å². The Bertz CT molecular complexity index is 654. The lowest BCUT2D eigenvalue weighted by Crippen LogP contribution is -2.22. The summed E-state index contributed by atoms with van der Waals surface area (Å²) < 4.78 is 0. The van der Waals surface area contributed by atoms with E-state index in [1.54, 1.807) is 24.4 Å². The third-order valence-corrected chi connectivity index (χ3v) is 4.82. The molecule has 0 bridgehead atoms. The molecule has 0 saturated heterocycles. The Hall–Kier alpha value is -1.50. The number of hydrogen-bond acceptors (Lipinski definition) is 4. The van der Waals surface area contributed by atoms with Crippen molar-refractivity contribution < 1.29 is 14.7 Å². The molecule has 1 atom stereocenters. The normalized spacial score (nSPS) is 11.9. The van der Waals surface area contributed by atoms with E-state index in [-0.39, 0.29) is 16.7 Å². The first kappa shape index (κ1) is 15.9. The fourth-order valence-electron chi connectivity index (χ4n) is 1.56. The molecule has 4 nitrogen and oxygen atoms in total. The van der Waals surface area contributed by atoms with E-state index in [1.165, 1.54) is 29.2 Å². The highest BCUT2D eigenvalue weighted by atomic mass is 35.5. The van der Waals surface area contributed by atoms with Crippen LogP contribution in [0.3, 0.4) is 0 Å². The molecule has 7 heteroatoms. The third kappa shape index (κ3) is 4.23. The molecule has 0 aliphatic heterocycles. The highest BCUT2D eigenvalue weighted by Crippen LogP contribution is 2.28. The minimum Gasteiger partial charge on any atom is -0.478 e. The topological polar surface area (TPSA) is 66.4 Å². The Morgan fingerprint density at radius 3 is 2.57 bits per heavy atom. The predicted molar refractivity (Wildman–Crippen MR) is 86.7 cm³/mol. The number of hydrogen-bond donors (Lipinski definition) is 2. The predicted octanol–water partition coefficient (Wildman–Crippen LogP) is 4.22. The number of carbonyl (C=O) groups excluding carboxylic acids is 1. The smallest absolute Gasteiger partial charge is 0.338 e. The maximum absolute atomic E-state index is 12.1. The fourth-order valence-corrected chi connectivity index (χ4v) is 3.33. The van der Waals surface area contributed by atoms with Crippen molar-refractivity contribution in [2.45, 2.75) is 17.1 Å². The van der Waals surface area contributed by atoms with Gasteiger partial charge in [-0.3, -0.25) is 4.79 Å². The highest BCUT2D eigenvalue weighted by molar-refractivity contribution is 8.00. The Labute approximate surface area is 135 Å². The second-order valence-electron chi connectivity index (χ2n) is 4.17. The van der Waals surface area contributed by atoms with Crippen LogP contribution in [-0.4, -0.2) is 22.2 Å². The first-order valence-electron chi connectivity index (χ1n) is 6.01. The molecule has 2 aromatic rings. The summed E-state index contributed by atoms with van der Waals surface area (Å²) >= 11 is 8.39. The quantitative estimate of drug-likeness (QED) is 0.799. The van der Waals surface area contributed by atoms with Crippen LogP contribution in [0.2, 0.25) is 5.02 Å². The van der Waals surface area contributed by atoms with Gasteiger partial charge in [-0.05, 0) is 42.6 Å². The molecule has 0 fully saturated rings. The lowest BCUT2D eigenvalue weighted by Gasteiger charge is -2.11. The van der Waals surface area contributed by atoms with Crippen LogP contribution < -0.4 is 5.32 Å². The van der Waals surface area contributed by atoms with Crippen LogP contribution in [0, 0.1) is 0 Å². The van der Waals surface area contributed by atoms with Crippen LogP contribution in [0.25, 0.3) is 0 Å². The van der Waals surface area contributed by atoms with Gasteiger partial charge in [0.2, 0.25) is 5.91 Å². The number of aromatic carboxylic acids is 1. The number of carbonyl (C=O) groups is 2. The van der Waals surface area contributed by atoms with Crippen molar-refractivity contribution in [2.75, 3.05) is 5.32 Å². The van der Waals surface area contributed by atoms with Crippen molar-refractivity contribution >= 4 is 51.6 Å². The van der Waals surface area contributed by atoms with Gasteiger partial charge in [-0.1, -0.05) is 11.6 Å². The van der Waals surface area contributed by atoms with Crippen LogP contribution in [0.15, 0.2) is 40.6 Å². The fraction of sp³-hybridized carbons (Fsp3) is 0.143. The number of halogens is 1. The van der Waals surface area contributed by atoms with Crippen molar-refractivity contribution in [3.05, 3.63) is 46.3 Å². The van der Waals surface area contributed by atoms with E-state index in [4.69, 9.17) is 16.7 Å². The number of carboxylic acids is 1. The summed E-state index contributed by atoms with van der Waals surface area (Å²) in [4.78, 5) is 24.0. The van der Waals surface area contributed by atoms with Gasteiger partial charge in [-0.15, -0.1) is 23.1 Å². The van der Waals surface area contributed by atoms with Crippen LogP contribution in [0.5, 0.6) is 0 Å². The number of amides is 1. The first-order valence-corrected chi connectivity index (χ1v) is 8.15. The average molecular weight is 342 g/mol. The molecule has 0 aliphatic rings. The van der Waals surface area contributed by atoms with E-state index in [9.17, 15) is 9.59 Å². The number of anilines is 1. The van der Waals surface area contributed by atoms with Gasteiger partial charge in [0.25, 0.3) is 0 Å². The lowest BCUT2D eigenvalue weighted by atomic mass is 10.3. The standard InChI is InChI=1S/C14H12ClNO3S2/c1-8(21-10-4-2-9(15)3-5-10)12(17)16-13-11(14(18)19)6-7-20-13/h2-8H,1H3,(H,16,17)(H,18,19). The maximum atomic E-state index is 12.1. The van der Waals surface area contributed by atoms with Crippen molar-refractivity contribution in [1.82, 2.24) is 0 Å². The van der Waals surface area contributed by atoms with Crippen LogP contribution >= 0.6 is 34.7 Å². The zero-order valence-electron chi connectivity index (χ0n) is 11.0. The maximum Gasteiger partial charge on any atom is 0.338 e. The Morgan fingerprint density at radius 2 is 1.95 bits per heavy atom. The minimum atomic E-state index is -1.05. The highest BCUT2D eigenvalue weighted by Gasteiger charge is 2.18. The van der Waals surface area contributed by atoms with Crippen molar-refractivity contribution in [3.8, 4) is 0 Å². The summed E-state index contributed by atoms with van der Waals surface area (Å²) in [6.45, 7) is 1.77. The van der Waals surface area contributed by atoms with Gasteiger partial charge in [-0.25, -0.2) is 4.79 Å². The summed E-state index contributed by atoms with van der Waals surface area (Å²) in [5.41, 5.74) is 0.108. The molecular formula is C14H12ClNO3S2. The molecule has 1 aromatic carbocycles. The molecule has 0 radical (unpaired) electrons. The van der Waals surface area contributed by atoms with Crippen LogP contribution in [0.1, 0.15) is 17.3 Å². The van der Waals surface area contributed by atoms with Gasteiger partial charge in [0.15, 0.2) is 0 Å². The minimum absolute atomic E-state index is 0.108. The first-order chi connectivity index (χ1) is 9.97. The summed E-state index contributed by atoms with van der Waals surface area (Å²) in [5.74, 6) is -1.29. The van der Waals surface area contributed by atoms with Crippen molar-refractivity contribution in [1.29, 1.82) is 0 Å². The molecule has 21 heavy (non-hydrogen) atoms. The zero-order chi connectivity index (χ0) is 15.4. The summed E-state index contributed by atoms with van der Waals surface area (Å²) in [7, 11) is 0. The summed E-state index contributed by atoms with van der Waals surface area (Å²) in [6.07, 6.45) is 0. The molecule has 2 rings (SSSR count). The van der Waals surface area contributed by atoms with Gasteiger partial charge in [0, 0.05) is 9.92 Å². The number of nitrogens with one attached hydrogen (secondary N) is 1. The van der Waals surface area contributed by atoms with Crippen molar-refractivity contribution in [2.24, 2.45) is 0 Å². The molecule has 1 unspecified atom stereocenters. The molecule has 0 saturated carbocycles. The third-order valence-electron chi connectivity index (χ3n) is 2.63. The van der Waals surface area contributed by atoms with E-state index in [0.29, 0.717) is 10.0 Å². The number of thiophene rings is 1. The van der Waals surface area contributed by atoms with Crippen molar-refractivity contribution in [3.63, 3.8) is 0 Å². The van der Waals surface area contributed by atoms with E-state index in [1.807, 2.05) is 12.1 Å². The molecule has 2 N–H and O–H groups in total. The molecule has 1 heterocycles. The summed E-state index contributed by atoms with van der Waals surface area (Å²) in [5, 5.41) is 13.9. The molecular weight excluding hydrogens is 330 g/mol. The molecule has 1 amide bonds. The average Bonchev–Trinajstić information content (AvgIpc) is 2.89. The van der Waals surface area contributed by atoms with E-state index in [0.717, 1.165) is 4.90 Å². The van der Waals surface area contributed by atoms with Gasteiger partial charge >= 0.3 is 5.97 Å². The van der Waals surface area contributed by atoms with Gasteiger partial charge in [0.05, 0.1) is 10.8 Å². The second-order valence-corrected chi connectivity index (χ2v) is 6.94. The monoisotopic (exact) mass is 341 g/mol. The largest absolute Gasteiger partial charge is 0.478 e. The van der Waals surface area contributed by atoms with E-state index < -0.39 is 5.97 Å². The van der Waals surface area contributed by atoms with E-state index in [2.05, 4.69) is 5.32 Å². The van der Waals surface area contributed by atoms with Gasteiger partial charge in [-0.2, -0.15) is 0 Å². The zero-order valence-corrected chi connectivity index (χ0v) is 13.4. The Kier molecular flexibility index (Phi) is 5.27. The number of carboxylic acid groups (broad SMARTS) is 1. The Balaban J connectivity index is 2.01. The summed E-state index contributed by atoms with van der Waals surface area (Å²) in [6, 6.07) is 8.67. The number of rotatable bonds is 5. The molecule has 0 aliphatic carbocycles. The number of thioether (sulfide) groups is 1. The Morgan fingerprint density at radius 1 is 1.29 bits per heavy atom. The molecule has 110 valence electrons. The van der Waals surface area contributed by atoms with Gasteiger partial charge in [0.1, 0.15) is 5.00 Å². The van der Waals surface area contributed by atoms with Crippen LogP contribution in [-0.2, 0) is 4.79 Å². The lowest BCUT2D eigenvalue weighted by molar-refractivity contribution is -0.115. The molecule has 1 aromatic heterocycles. The SMILES string of the molecule is CC(Sc1ccc(Cl)cc1)C(=O)Nc1sccc1C(=O)O. The number of benzene rings is 1. The van der Waals surface area contributed by atoms with E-state index >= 15 is 0 Å². The van der Waals surface area contributed by atoms with Gasteiger partial charge < -0.3 is 10.4 Å².